The number of hydrogen-bond acceptors (Lipinski definition) is 7. The monoisotopic (exact) mass is 346 g/mol. The SMILES string of the molecule is Cc1ncsc1CN1CC[C@@H]2C[C@H](c3nnc(C4CC4)o3)O[C@H]2C1. The normalized spacial score (nSPS) is 30.6. The maximum absolute atomic E-state index is 6.29. The molecule has 5 rings (SSSR count). The van der Waals surface area contributed by atoms with Gasteiger partial charge in [0.1, 0.15) is 6.10 Å². The molecular weight excluding hydrogens is 324 g/mol. The highest BCUT2D eigenvalue weighted by Crippen LogP contribution is 2.43. The average Bonchev–Trinajstić information content (AvgIpc) is 2.99. The van der Waals surface area contributed by atoms with Gasteiger partial charge >= 0.3 is 0 Å². The lowest BCUT2D eigenvalue weighted by molar-refractivity contribution is -0.0175. The van der Waals surface area contributed by atoms with E-state index < -0.39 is 0 Å². The maximum atomic E-state index is 6.29. The topological polar surface area (TPSA) is 64.3 Å². The number of fused-ring (bicyclic) bond motifs is 1. The average molecular weight is 346 g/mol. The van der Waals surface area contributed by atoms with Gasteiger partial charge in [-0.05, 0) is 45.1 Å². The Balaban J connectivity index is 1.23. The Morgan fingerprint density at radius 3 is 2.92 bits per heavy atom. The van der Waals surface area contributed by atoms with Crippen LogP contribution in [0.3, 0.4) is 0 Å². The molecular formula is C17H22N4O2S. The van der Waals surface area contributed by atoms with Gasteiger partial charge < -0.3 is 9.15 Å². The summed E-state index contributed by atoms with van der Waals surface area (Å²) >= 11 is 1.75. The number of aromatic nitrogens is 3. The molecule has 3 aliphatic rings. The smallest absolute Gasteiger partial charge is 0.245 e. The molecule has 0 spiro atoms. The van der Waals surface area contributed by atoms with Crippen molar-refractivity contribution in [1.29, 1.82) is 0 Å². The third kappa shape index (κ3) is 2.78. The predicted octanol–water partition coefficient (Wildman–Crippen LogP) is 3.06. The molecule has 1 aliphatic carbocycles. The van der Waals surface area contributed by atoms with Crippen LogP contribution in [0.25, 0.3) is 0 Å². The Kier molecular flexibility index (Phi) is 3.68. The molecule has 1 saturated carbocycles. The van der Waals surface area contributed by atoms with E-state index in [0.29, 0.717) is 17.7 Å². The Morgan fingerprint density at radius 1 is 1.25 bits per heavy atom. The van der Waals surface area contributed by atoms with Crippen molar-refractivity contribution in [3.05, 3.63) is 27.9 Å². The number of likely N-dealkylation sites (tertiary alicyclic amines) is 1. The molecule has 7 heteroatoms. The van der Waals surface area contributed by atoms with Crippen LogP contribution < -0.4 is 0 Å². The molecule has 0 bridgehead atoms. The molecule has 128 valence electrons. The lowest BCUT2D eigenvalue weighted by atomic mass is 9.92. The summed E-state index contributed by atoms with van der Waals surface area (Å²) in [6.45, 7) is 5.20. The summed E-state index contributed by atoms with van der Waals surface area (Å²) in [5.74, 6) is 2.63. The molecule has 24 heavy (non-hydrogen) atoms. The van der Waals surface area contributed by atoms with Gasteiger partial charge in [0, 0.05) is 23.9 Å². The van der Waals surface area contributed by atoms with E-state index in [2.05, 4.69) is 27.0 Å². The summed E-state index contributed by atoms with van der Waals surface area (Å²) in [5, 5.41) is 8.45. The van der Waals surface area contributed by atoms with Gasteiger partial charge in [0.2, 0.25) is 11.8 Å². The fraction of sp³-hybridized carbons (Fsp3) is 0.706. The summed E-state index contributed by atoms with van der Waals surface area (Å²) in [6.07, 6.45) is 4.85. The minimum atomic E-state index is -0.00918. The first kappa shape index (κ1) is 15.0. The molecule has 4 heterocycles. The van der Waals surface area contributed by atoms with Crippen molar-refractivity contribution in [2.75, 3.05) is 13.1 Å². The van der Waals surface area contributed by atoms with Crippen LogP contribution in [0, 0.1) is 12.8 Å². The summed E-state index contributed by atoms with van der Waals surface area (Å²) in [4.78, 5) is 8.22. The van der Waals surface area contributed by atoms with Gasteiger partial charge in [0.15, 0.2) is 0 Å². The predicted molar refractivity (Wildman–Crippen MR) is 88.7 cm³/mol. The van der Waals surface area contributed by atoms with Crippen molar-refractivity contribution in [3.63, 3.8) is 0 Å². The standard InChI is InChI=1S/C17H22N4O2S/c1-10-15(24-9-18-10)8-21-5-4-12-6-13(22-14(12)7-21)17-20-19-16(23-17)11-2-3-11/h9,11-14H,2-8H2,1H3/t12-,13-,14+/m1/s1. The highest BCUT2D eigenvalue weighted by atomic mass is 32.1. The van der Waals surface area contributed by atoms with Crippen molar-refractivity contribution in [3.8, 4) is 0 Å². The second kappa shape index (κ2) is 5.89. The van der Waals surface area contributed by atoms with E-state index in [-0.39, 0.29) is 12.2 Å². The summed E-state index contributed by atoms with van der Waals surface area (Å²) in [7, 11) is 0. The minimum Gasteiger partial charge on any atom is -0.422 e. The number of ether oxygens (including phenoxy) is 1. The van der Waals surface area contributed by atoms with Gasteiger partial charge in [-0.25, -0.2) is 4.98 Å². The van der Waals surface area contributed by atoms with E-state index in [1.54, 1.807) is 11.3 Å². The highest BCUT2D eigenvalue weighted by molar-refractivity contribution is 7.09. The zero-order valence-corrected chi connectivity index (χ0v) is 14.7. The zero-order chi connectivity index (χ0) is 16.1. The van der Waals surface area contributed by atoms with Gasteiger partial charge in [0.25, 0.3) is 0 Å². The number of aryl methyl sites for hydroxylation is 1. The highest BCUT2D eigenvalue weighted by Gasteiger charge is 2.42. The van der Waals surface area contributed by atoms with Crippen LogP contribution in [0.1, 0.15) is 60.1 Å². The van der Waals surface area contributed by atoms with E-state index in [4.69, 9.17) is 9.15 Å². The first-order valence-corrected chi connectivity index (χ1v) is 9.74. The molecule has 2 aliphatic heterocycles. The van der Waals surface area contributed by atoms with E-state index in [0.717, 1.165) is 37.6 Å². The summed E-state index contributed by atoms with van der Waals surface area (Å²) < 4.78 is 12.2. The van der Waals surface area contributed by atoms with Crippen molar-refractivity contribution >= 4 is 11.3 Å². The number of piperidine rings is 1. The first-order valence-electron chi connectivity index (χ1n) is 8.86. The zero-order valence-electron chi connectivity index (χ0n) is 13.9. The molecule has 3 fully saturated rings. The number of nitrogens with zero attached hydrogens (tertiary/aromatic N) is 4. The maximum Gasteiger partial charge on any atom is 0.245 e. The Hall–Kier alpha value is -1.31. The third-order valence-electron chi connectivity index (χ3n) is 5.51. The molecule has 0 aromatic carbocycles. The minimum absolute atomic E-state index is 0.00918. The van der Waals surface area contributed by atoms with Crippen LogP contribution in [0.5, 0.6) is 0 Å². The van der Waals surface area contributed by atoms with E-state index in [1.807, 2.05) is 5.51 Å². The molecule has 0 N–H and O–H groups in total. The van der Waals surface area contributed by atoms with Gasteiger partial charge in [0.05, 0.1) is 17.3 Å². The molecule has 0 radical (unpaired) electrons. The lowest BCUT2D eigenvalue weighted by Crippen LogP contribution is -2.41. The number of rotatable bonds is 4. The van der Waals surface area contributed by atoms with Crippen LogP contribution in [-0.2, 0) is 11.3 Å². The van der Waals surface area contributed by atoms with Gasteiger partial charge in [-0.1, -0.05) is 0 Å². The Labute approximate surface area is 145 Å². The third-order valence-corrected chi connectivity index (χ3v) is 6.43. The largest absolute Gasteiger partial charge is 0.422 e. The van der Waals surface area contributed by atoms with Gasteiger partial charge in [-0.2, -0.15) is 0 Å². The summed E-state index contributed by atoms with van der Waals surface area (Å²) in [6, 6.07) is 0. The Bertz CT molecular complexity index is 726. The molecule has 2 aromatic heterocycles. The quantitative estimate of drug-likeness (QED) is 0.848. The van der Waals surface area contributed by atoms with Crippen LogP contribution in [-0.4, -0.2) is 39.3 Å². The molecule has 2 saturated heterocycles. The fourth-order valence-corrected chi connectivity index (χ4v) is 4.67. The van der Waals surface area contributed by atoms with Crippen molar-refractivity contribution in [2.24, 2.45) is 5.92 Å². The molecule has 3 atom stereocenters. The van der Waals surface area contributed by atoms with Crippen LogP contribution in [0.2, 0.25) is 0 Å². The van der Waals surface area contributed by atoms with Crippen LogP contribution in [0.15, 0.2) is 9.93 Å². The van der Waals surface area contributed by atoms with Crippen LogP contribution >= 0.6 is 11.3 Å². The first-order chi connectivity index (χ1) is 11.8. The number of hydrogen-bond donors (Lipinski definition) is 0. The second-order valence-corrected chi connectivity index (χ2v) is 8.24. The van der Waals surface area contributed by atoms with Crippen LogP contribution in [0.4, 0.5) is 0 Å². The molecule has 0 unspecified atom stereocenters. The van der Waals surface area contributed by atoms with Crippen molar-refractivity contribution in [1.82, 2.24) is 20.1 Å². The van der Waals surface area contributed by atoms with Gasteiger partial charge in [-0.3, -0.25) is 4.90 Å². The van der Waals surface area contributed by atoms with E-state index in [1.165, 1.54) is 24.1 Å². The summed E-state index contributed by atoms with van der Waals surface area (Å²) in [5.41, 5.74) is 3.10. The molecule has 0 amide bonds. The lowest BCUT2D eigenvalue weighted by Gasteiger charge is -2.33. The van der Waals surface area contributed by atoms with Crippen molar-refractivity contribution < 1.29 is 9.15 Å². The van der Waals surface area contributed by atoms with E-state index in [9.17, 15) is 0 Å². The fourth-order valence-electron chi connectivity index (χ4n) is 3.85. The second-order valence-electron chi connectivity index (χ2n) is 7.30. The van der Waals surface area contributed by atoms with E-state index >= 15 is 0 Å². The van der Waals surface area contributed by atoms with Crippen molar-refractivity contribution in [2.45, 2.75) is 57.3 Å². The molecule has 6 nitrogen and oxygen atoms in total. The number of thiazole rings is 1. The van der Waals surface area contributed by atoms with Gasteiger partial charge in [-0.15, -0.1) is 21.5 Å². The Morgan fingerprint density at radius 2 is 2.12 bits per heavy atom. The molecule has 2 aromatic rings.